The van der Waals surface area contributed by atoms with Gasteiger partial charge in [-0.1, -0.05) is 18.2 Å². The molecule has 3 N–H and O–H groups in total. The van der Waals surface area contributed by atoms with Crippen LogP contribution in [0.4, 0.5) is 17.1 Å². The lowest BCUT2D eigenvalue weighted by molar-refractivity contribution is 0.411. The average molecular weight is 456 g/mol. The molecule has 4 aromatic rings. The van der Waals surface area contributed by atoms with E-state index in [1.165, 1.54) is 0 Å². The van der Waals surface area contributed by atoms with E-state index in [1.807, 2.05) is 82.0 Å². The van der Waals surface area contributed by atoms with E-state index in [4.69, 9.17) is 4.74 Å². The third-order valence-corrected chi connectivity index (χ3v) is 5.95. The van der Waals surface area contributed by atoms with Crippen molar-refractivity contribution in [3.63, 3.8) is 0 Å². The first-order chi connectivity index (χ1) is 16.1. The van der Waals surface area contributed by atoms with E-state index < -0.39 is 0 Å². The first-order valence-corrected chi connectivity index (χ1v) is 11.1. The summed E-state index contributed by atoms with van der Waals surface area (Å²) in [5, 5.41) is 31.1. The minimum absolute atomic E-state index is 0.0854. The minimum atomic E-state index is 0.0854. The molecule has 0 fully saturated rings. The van der Waals surface area contributed by atoms with Gasteiger partial charge >= 0.3 is 0 Å². The van der Waals surface area contributed by atoms with Crippen LogP contribution in [0.5, 0.6) is 28.7 Å². The van der Waals surface area contributed by atoms with Crippen LogP contribution in [0.15, 0.2) is 66.7 Å². The number of ether oxygens (including phenoxy) is 1. The van der Waals surface area contributed by atoms with E-state index in [-0.39, 0.29) is 17.2 Å². The van der Waals surface area contributed by atoms with E-state index in [0.29, 0.717) is 11.5 Å². The Kier molecular flexibility index (Phi) is 6.12. The standard InChI is InChI=1S/C29H29NO4/c1-17-6-11-29(28(33)12-17)34-23-9-7-22(8-10-23)30(24-15-26(31)20(4)13-18(24)2)25-16-27(32)21(5)14-19(25)3/h6-16,31-33H,1-5H3. The lowest BCUT2D eigenvalue weighted by Gasteiger charge is -2.29. The molecule has 0 heterocycles. The summed E-state index contributed by atoms with van der Waals surface area (Å²) in [6, 6.07) is 20.1. The Hall–Kier alpha value is -4.12. The smallest absolute Gasteiger partial charge is 0.169 e. The van der Waals surface area contributed by atoms with Crippen molar-refractivity contribution in [3.05, 3.63) is 94.5 Å². The number of aryl methyl sites for hydroxylation is 5. The number of anilines is 3. The third kappa shape index (κ3) is 4.50. The van der Waals surface area contributed by atoms with Gasteiger partial charge in [0.15, 0.2) is 11.5 Å². The molecule has 0 radical (unpaired) electrons. The molecule has 0 unspecified atom stereocenters. The molecule has 0 bridgehead atoms. The van der Waals surface area contributed by atoms with E-state index in [9.17, 15) is 15.3 Å². The van der Waals surface area contributed by atoms with Gasteiger partial charge in [-0.25, -0.2) is 0 Å². The molecule has 0 aliphatic rings. The van der Waals surface area contributed by atoms with E-state index in [2.05, 4.69) is 0 Å². The fourth-order valence-electron chi connectivity index (χ4n) is 4.05. The largest absolute Gasteiger partial charge is 0.508 e. The molecule has 0 aromatic heterocycles. The van der Waals surface area contributed by atoms with Crippen LogP contribution < -0.4 is 9.64 Å². The predicted octanol–water partition coefficient (Wildman–Crippen LogP) is 7.61. The topological polar surface area (TPSA) is 73.2 Å². The fourth-order valence-corrected chi connectivity index (χ4v) is 4.05. The van der Waals surface area contributed by atoms with E-state index in [1.54, 1.807) is 24.3 Å². The minimum Gasteiger partial charge on any atom is -0.508 e. The molecular weight excluding hydrogens is 426 g/mol. The van der Waals surface area contributed by atoms with Crippen LogP contribution in [0, 0.1) is 34.6 Å². The SMILES string of the molecule is Cc1ccc(Oc2ccc(N(c3cc(O)c(C)cc3C)c3cc(O)c(C)cc3C)cc2)c(O)c1. The maximum absolute atomic E-state index is 10.5. The first kappa shape index (κ1) is 23.1. The number of benzene rings is 4. The van der Waals surface area contributed by atoms with Gasteiger partial charge in [0.1, 0.15) is 17.2 Å². The molecule has 0 aliphatic heterocycles. The van der Waals surface area contributed by atoms with Gasteiger partial charge in [0.25, 0.3) is 0 Å². The molecule has 0 spiro atoms. The Morgan fingerprint density at radius 2 is 1.09 bits per heavy atom. The van der Waals surface area contributed by atoms with Gasteiger partial charge in [0, 0.05) is 17.8 Å². The van der Waals surface area contributed by atoms with Gasteiger partial charge in [0.05, 0.1) is 11.4 Å². The highest BCUT2D eigenvalue weighted by atomic mass is 16.5. The number of phenols is 3. The summed E-state index contributed by atoms with van der Waals surface area (Å²) in [6.45, 7) is 9.63. The van der Waals surface area contributed by atoms with Gasteiger partial charge in [0.2, 0.25) is 0 Å². The van der Waals surface area contributed by atoms with Crippen LogP contribution in [-0.4, -0.2) is 15.3 Å². The zero-order valence-electron chi connectivity index (χ0n) is 20.0. The Bertz CT molecular complexity index is 1300. The summed E-state index contributed by atoms with van der Waals surface area (Å²) in [5.74, 6) is 1.45. The number of aromatic hydroxyl groups is 3. The maximum atomic E-state index is 10.5. The van der Waals surface area contributed by atoms with Crippen LogP contribution in [-0.2, 0) is 0 Å². The van der Waals surface area contributed by atoms with Crippen molar-refractivity contribution < 1.29 is 20.1 Å². The number of rotatable bonds is 5. The van der Waals surface area contributed by atoms with Crippen molar-refractivity contribution in [1.29, 1.82) is 0 Å². The van der Waals surface area contributed by atoms with Crippen LogP contribution >= 0.6 is 0 Å². The molecule has 0 saturated heterocycles. The number of phenolic OH excluding ortho intramolecular Hbond substituents is 3. The second-order valence-electron chi connectivity index (χ2n) is 8.75. The quantitative estimate of drug-likeness (QED) is 0.289. The Morgan fingerprint density at radius 1 is 0.559 bits per heavy atom. The molecule has 0 amide bonds. The van der Waals surface area contributed by atoms with Crippen molar-refractivity contribution in [2.45, 2.75) is 34.6 Å². The van der Waals surface area contributed by atoms with Gasteiger partial charge in [-0.2, -0.15) is 0 Å². The summed E-state index contributed by atoms with van der Waals surface area (Å²) in [7, 11) is 0. The molecule has 4 rings (SSSR count). The molecule has 174 valence electrons. The van der Waals surface area contributed by atoms with Crippen molar-refractivity contribution in [3.8, 4) is 28.7 Å². The monoisotopic (exact) mass is 455 g/mol. The van der Waals surface area contributed by atoms with Crippen molar-refractivity contribution in [1.82, 2.24) is 0 Å². The molecule has 4 aromatic carbocycles. The van der Waals surface area contributed by atoms with Crippen LogP contribution in [0.2, 0.25) is 0 Å². The maximum Gasteiger partial charge on any atom is 0.169 e. The molecule has 34 heavy (non-hydrogen) atoms. The van der Waals surface area contributed by atoms with E-state index >= 15 is 0 Å². The normalized spacial score (nSPS) is 10.9. The number of nitrogens with zero attached hydrogens (tertiary/aromatic N) is 1. The van der Waals surface area contributed by atoms with Crippen LogP contribution in [0.1, 0.15) is 27.8 Å². The second-order valence-corrected chi connectivity index (χ2v) is 8.75. The molecule has 0 atom stereocenters. The second kappa shape index (κ2) is 9.02. The zero-order chi connectivity index (χ0) is 24.6. The zero-order valence-corrected chi connectivity index (χ0v) is 20.0. The van der Waals surface area contributed by atoms with Crippen molar-refractivity contribution in [2.75, 3.05) is 4.90 Å². The van der Waals surface area contributed by atoms with E-state index in [0.717, 1.165) is 44.9 Å². The summed E-state index contributed by atoms with van der Waals surface area (Å²) < 4.78 is 5.88. The Balaban J connectivity index is 1.80. The van der Waals surface area contributed by atoms with Gasteiger partial charge in [-0.15, -0.1) is 0 Å². The molecule has 5 nitrogen and oxygen atoms in total. The van der Waals surface area contributed by atoms with Gasteiger partial charge < -0.3 is 25.0 Å². The number of hydrogen-bond acceptors (Lipinski definition) is 5. The van der Waals surface area contributed by atoms with Crippen molar-refractivity contribution in [2.24, 2.45) is 0 Å². The number of hydrogen-bond donors (Lipinski definition) is 3. The Morgan fingerprint density at radius 3 is 1.59 bits per heavy atom. The Labute approximate surface area is 200 Å². The average Bonchev–Trinajstić information content (AvgIpc) is 2.78. The third-order valence-electron chi connectivity index (χ3n) is 5.95. The molecule has 0 saturated carbocycles. The van der Waals surface area contributed by atoms with Gasteiger partial charge in [-0.3, -0.25) is 0 Å². The lowest BCUT2D eigenvalue weighted by Crippen LogP contribution is -2.13. The summed E-state index contributed by atoms with van der Waals surface area (Å²) >= 11 is 0. The highest BCUT2D eigenvalue weighted by molar-refractivity contribution is 5.82. The van der Waals surface area contributed by atoms with Crippen LogP contribution in [0.25, 0.3) is 0 Å². The molecular formula is C29H29NO4. The molecule has 5 heteroatoms. The van der Waals surface area contributed by atoms with Gasteiger partial charge in [-0.05, 0) is 98.8 Å². The summed E-state index contributed by atoms with van der Waals surface area (Å²) in [4.78, 5) is 2.01. The van der Waals surface area contributed by atoms with Crippen molar-refractivity contribution >= 4 is 17.1 Å². The highest BCUT2D eigenvalue weighted by Crippen LogP contribution is 2.43. The summed E-state index contributed by atoms with van der Waals surface area (Å²) in [5.41, 5.74) is 6.96. The van der Waals surface area contributed by atoms with Crippen LogP contribution in [0.3, 0.4) is 0 Å². The lowest BCUT2D eigenvalue weighted by atomic mass is 10.0. The molecule has 0 aliphatic carbocycles. The first-order valence-electron chi connectivity index (χ1n) is 11.1. The predicted molar refractivity (Wildman–Crippen MR) is 136 cm³/mol. The highest BCUT2D eigenvalue weighted by Gasteiger charge is 2.19. The fraction of sp³-hybridized carbons (Fsp3) is 0.172. The summed E-state index contributed by atoms with van der Waals surface area (Å²) in [6.07, 6.45) is 0.